The van der Waals surface area contributed by atoms with Gasteiger partial charge in [0.1, 0.15) is 0 Å². The molecule has 0 aliphatic rings. The van der Waals surface area contributed by atoms with Crippen molar-refractivity contribution >= 4 is 35.8 Å². The summed E-state index contributed by atoms with van der Waals surface area (Å²) in [5, 5.41) is 0.806. The fourth-order valence-electron chi connectivity index (χ4n) is 2.13. The van der Waals surface area contributed by atoms with Crippen LogP contribution >= 0.6 is 35.8 Å². The van der Waals surface area contributed by atoms with E-state index in [9.17, 15) is 0 Å². The molecule has 0 heterocycles. The quantitative estimate of drug-likeness (QED) is 0.459. The third-order valence-corrected chi connectivity index (χ3v) is 4.74. The summed E-state index contributed by atoms with van der Waals surface area (Å²) in [6, 6.07) is 18.8. The van der Waals surface area contributed by atoms with E-state index in [-0.39, 0.29) is 12.4 Å². The molecule has 0 N–H and O–H groups in total. The molecule has 2 rings (SSSR count). The highest BCUT2D eigenvalue weighted by Gasteiger charge is 2.00. The number of benzene rings is 2. The van der Waals surface area contributed by atoms with E-state index in [1.54, 1.807) is 0 Å². The van der Waals surface area contributed by atoms with Gasteiger partial charge >= 0.3 is 0 Å². The Kier molecular flexibility index (Phi) is 9.65. The molecule has 2 aromatic carbocycles. The monoisotopic (exact) mass is 355 g/mol. The molecule has 1 nitrogen and oxygen atoms in total. The number of nitrogens with zero attached hydrogens (tertiary/aromatic N) is 1. The van der Waals surface area contributed by atoms with E-state index >= 15 is 0 Å². The summed E-state index contributed by atoms with van der Waals surface area (Å²) in [6.45, 7) is 2.27. The number of hydrogen-bond donors (Lipinski definition) is 0. The van der Waals surface area contributed by atoms with E-state index in [2.05, 4.69) is 54.4 Å². The second kappa shape index (κ2) is 11.0. The van der Waals surface area contributed by atoms with Crippen LogP contribution in [-0.2, 0) is 6.42 Å². The zero-order chi connectivity index (χ0) is 14.9. The molecule has 0 bridgehead atoms. The summed E-state index contributed by atoms with van der Waals surface area (Å²) in [7, 11) is 2.20. The van der Waals surface area contributed by atoms with Crippen LogP contribution in [0.2, 0.25) is 5.02 Å². The first-order valence-corrected chi connectivity index (χ1v) is 8.71. The van der Waals surface area contributed by atoms with Gasteiger partial charge in [0.2, 0.25) is 0 Å². The van der Waals surface area contributed by atoms with Crippen LogP contribution in [0.15, 0.2) is 59.5 Å². The van der Waals surface area contributed by atoms with Crippen LogP contribution in [0.3, 0.4) is 0 Å². The Bertz CT molecular complexity index is 516. The maximum atomic E-state index is 5.88. The van der Waals surface area contributed by atoms with Crippen LogP contribution in [0, 0.1) is 0 Å². The van der Waals surface area contributed by atoms with Gasteiger partial charge in [-0.05, 0) is 62.0 Å². The number of rotatable bonds is 8. The van der Waals surface area contributed by atoms with Crippen LogP contribution in [0.1, 0.15) is 12.0 Å². The average Bonchev–Trinajstić information content (AvgIpc) is 2.52. The molecule has 0 aliphatic carbocycles. The zero-order valence-electron chi connectivity index (χ0n) is 12.9. The standard InChI is InChI=1S/C18H22ClNS.ClH/c1-20(14-12-16-6-3-2-4-7-16)13-5-15-21-18-10-8-17(19)9-11-18;/h2-4,6-11H,5,12-15H2,1H3;1H. The third kappa shape index (κ3) is 7.55. The fraction of sp³-hybridized carbons (Fsp3) is 0.333. The summed E-state index contributed by atoms with van der Waals surface area (Å²) >= 11 is 7.78. The van der Waals surface area contributed by atoms with Crippen LogP contribution in [0.5, 0.6) is 0 Å². The first-order valence-electron chi connectivity index (χ1n) is 7.35. The Morgan fingerprint density at radius 3 is 2.32 bits per heavy atom. The number of thioether (sulfide) groups is 1. The molecule has 0 fully saturated rings. The molecule has 0 unspecified atom stereocenters. The van der Waals surface area contributed by atoms with E-state index in [0.29, 0.717) is 0 Å². The second-order valence-electron chi connectivity index (χ2n) is 5.19. The smallest absolute Gasteiger partial charge is 0.0406 e. The van der Waals surface area contributed by atoms with Crippen LogP contribution in [0.25, 0.3) is 0 Å². The molecule has 120 valence electrons. The van der Waals surface area contributed by atoms with E-state index in [1.807, 2.05) is 23.9 Å². The maximum absolute atomic E-state index is 5.88. The van der Waals surface area contributed by atoms with Gasteiger partial charge in [-0.15, -0.1) is 24.2 Å². The van der Waals surface area contributed by atoms with Gasteiger partial charge in [-0.1, -0.05) is 41.9 Å². The highest BCUT2D eigenvalue weighted by Crippen LogP contribution is 2.20. The van der Waals surface area contributed by atoms with Crippen molar-refractivity contribution in [1.82, 2.24) is 4.90 Å². The lowest BCUT2D eigenvalue weighted by Gasteiger charge is -2.16. The molecule has 2 aromatic rings. The second-order valence-corrected chi connectivity index (χ2v) is 6.80. The molecule has 0 radical (unpaired) electrons. The van der Waals surface area contributed by atoms with Crippen molar-refractivity contribution in [3.8, 4) is 0 Å². The predicted octanol–water partition coefficient (Wildman–Crippen LogP) is 5.42. The first kappa shape index (κ1) is 19.4. The first-order chi connectivity index (χ1) is 10.2. The number of likely N-dealkylation sites (N-methyl/N-ethyl adjacent to an activating group) is 1. The van der Waals surface area contributed by atoms with Crippen LogP contribution in [-0.4, -0.2) is 30.8 Å². The van der Waals surface area contributed by atoms with Crippen molar-refractivity contribution in [3.05, 3.63) is 65.2 Å². The minimum absolute atomic E-state index is 0. The molecule has 0 aromatic heterocycles. The van der Waals surface area contributed by atoms with Crippen molar-refractivity contribution in [2.75, 3.05) is 25.9 Å². The highest BCUT2D eigenvalue weighted by molar-refractivity contribution is 7.99. The van der Waals surface area contributed by atoms with E-state index < -0.39 is 0 Å². The average molecular weight is 356 g/mol. The molecule has 0 atom stereocenters. The lowest BCUT2D eigenvalue weighted by molar-refractivity contribution is 0.340. The summed E-state index contributed by atoms with van der Waals surface area (Å²) in [4.78, 5) is 3.71. The molecule has 0 saturated carbocycles. The molecule has 4 heteroatoms. The van der Waals surface area contributed by atoms with Gasteiger partial charge in [-0.25, -0.2) is 0 Å². The Hall–Kier alpha value is -0.670. The summed E-state index contributed by atoms with van der Waals surface area (Å²) in [5.41, 5.74) is 1.42. The Balaban J connectivity index is 0.00000242. The number of halogens is 2. The van der Waals surface area contributed by atoms with E-state index in [0.717, 1.165) is 30.3 Å². The van der Waals surface area contributed by atoms with Gasteiger partial charge in [0.15, 0.2) is 0 Å². The maximum Gasteiger partial charge on any atom is 0.0406 e. The van der Waals surface area contributed by atoms with Crippen molar-refractivity contribution < 1.29 is 0 Å². The Labute approximate surface area is 149 Å². The Morgan fingerprint density at radius 1 is 0.955 bits per heavy atom. The minimum Gasteiger partial charge on any atom is -0.306 e. The molecule has 0 amide bonds. The fourth-order valence-corrected chi connectivity index (χ4v) is 3.10. The van der Waals surface area contributed by atoms with Gasteiger partial charge in [0.05, 0.1) is 0 Å². The lowest BCUT2D eigenvalue weighted by atomic mass is 10.1. The van der Waals surface area contributed by atoms with Crippen molar-refractivity contribution in [1.29, 1.82) is 0 Å². The van der Waals surface area contributed by atoms with Gasteiger partial charge < -0.3 is 4.90 Å². The van der Waals surface area contributed by atoms with Crippen LogP contribution < -0.4 is 0 Å². The normalized spacial score (nSPS) is 10.5. The van der Waals surface area contributed by atoms with Crippen LogP contribution in [0.4, 0.5) is 0 Å². The zero-order valence-corrected chi connectivity index (χ0v) is 15.3. The largest absolute Gasteiger partial charge is 0.306 e. The highest BCUT2D eigenvalue weighted by atomic mass is 35.5. The molecular formula is C18H23Cl2NS. The van der Waals surface area contributed by atoms with Gasteiger partial charge in [-0.3, -0.25) is 0 Å². The molecule has 22 heavy (non-hydrogen) atoms. The van der Waals surface area contributed by atoms with Crippen molar-refractivity contribution in [2.45, 2.75) is 17.7 Å². The summed E-state index contributed by atoms with van der Waals surface area (Å²) < 4.78 is 0. The summed E-state index contributed by atoms with van der Waals surface area (Å²) in [5.74, 6) is 1.15. The molecule has 0 spiro atoms. The molecule has 0 aliphatic heterocycles. The summed E-state index contributed by atoms with van der Waals surface area (Å²) in [6.07, 6.45) is 2.33. The predicted molar refractivity (Wildman–Crippen MR) is 102 cm³/mol. The third-order valence-electron chi connectivity index (χ3n) is 3.39. The topological polar surface area (TPSA) is 3.24 Å². The SMILES string of the molecule is CN(CCCSc1ccc(Cl)cc1)CCc1ccccc1.Cl. The Morgan fingerprint density at radius 2 is 1.64 bits per heavy atom. The lowest BCUT2D eigenvalue weighted by Crippen LogP contribution is -2.22. The molecule has 0 saturated heterocycles. The number of hydrogen-bond acceptors (Lipinski definition) is 2. The van der Waals surface area contributed by atoms with Crippen molar-refractivity contribution in [2.24, 2.45) is 0 Å². The van der Waals surface area contributed by atoms with Gasteiger partial charge in [0, 0.05) is 16.5 Å². The van der Waals surface area contributed by atoms with E-state index in [4.69, 9.17) is 11.6 Å². The van der Waals surface area contributed by atoms with Gasteiger partial charge in [-0.2, -0.15) is 0 Å². The van der Waals surface area contributed by atoms with Gasteiger partial charge in [0.25, 0.3) is 0 Å². The minimum atomic E-state index is 0. The molecular weight excluding hydrogens is 333 g/mol. The van der Waals surface area contributed by atoms with E-state index in [1.165, 1.54) is 16.9 Å². The van der Waals surface area contributed by atoms with Crippen molar-refractivity contribution in [3.63, 3.8) is 0 Å².